The Kier molecular flexibility index (Phi) is 5.86. The van der Waals surface area contributed by atoms with E-state index in [-0.39, 0.29) is 17.0 Å². The maximum atomic E-state index is 15.1. The van der Waals surface area contributed by atoms with Gasteiger partial charge < -0.3 is 24.2 Å². The molecule has 2 aromatic heterocycles. The Morgan fingerprint density at radius 2 is 1.91 bits per heavy atom. The molecule has 1 saturated carbocycles. The number of piperazine rings is 1. The summed E-state index contributed by atoms with van der Waals surface area (Å²) in [5.74, 6) is -1.83. The van der Waals surface area contributed by atoms with Crippen LogP contribution < -0.4 is 10.3 Å². The third-order valence-corrected chi connectivity index (χ3v) is 6.64. The number of aliphatic hydroxyl groups is 1. The number of hydrogen-bond donors (Lipinski definition) is 2. The van der Waals surface area contributed by atoms with Crippen LogP contribution in [0.25, 0.3) is 10.9 Å². The lowest BCUT2D eigenvalue weighted by Crippen LogP contribution is -2.49. The predicted octanol–water partition coefficient (Wildman–Crippen LogP) is 1.86. The summed E-state index contributed by atoms with van der Waals surface area (Å²) in [7, 11) is 0. The molecule has 34 heavy (non-hydrogen) atoms. The second kappa shape index (κ2) is 8.84. The van der Waals surface area contributed by atoms with E-state index in [1.54, 1.807) is 12.4 Å². The van der Waals surface area contributed by atoms with E-state index in [1.165, 1.54) is 12.3 Å². The number of carboxylic acid groups (broad SMARTS) is 1. The number of pyridine rings is 1. The van der Waals surface area contributed by atoms with Crippen molar-refractivity contribution in [2.45, 2.75) is 38.5 Å². The number of carboxylic acids is 1. The number of benzene rings is 1. The molecule has 2 aliphatic rings. The van der Waals surface area contributed by atoms with Gasteiger partial charge >= 0.3 is 5.97 Å². The van der Waals surface area contributed by atoms with Gasteiger partial charge in [-0.2, -0.15) is 0 Å². The second-order valence-electron chi connectivity index (χ2n) is 9.29. The Morgan fingerprint density at radius 3 is 2.53 bits per heavy atom. The monoisotopic (exact) mass is 469 g/mol. The van der Waals surface area contributed by atoms with Gasteiger partial charge in [-0.05, 0) is 31.9 Å². The molecule has 9 nitrogen and oxygen atoms in total. The summed E-state index contributed by atoms with van der Waals surface area (Å²) in [4.78, 5) is 32.5. The summed E-state index contributed by atoms with van der Waals surface area (Å²) in [5.41, 5.74) is 0.909. The van der Waals surface area contributed by atoms with Gasteiger partial charge in [0.05, 0.1) is 35.9 Å². The van der Waals surface area contributed by atoms with Gasteiger partial charge in [-0.3, -0.25) is 9.69 Å². The van der Waals surface area contributed by atoms with Crippen molar-refractivity contribution >= 4 is 22.6 Å². The highest BCUT2D eigenvalue weighted by Crippen LogP contribution is 2.38. The molecule has 1 aromatic carbocycles. The number of hydrogen-bond acceptors (Lipinski definition) is 6. The van der Waals surface area contributed by atoms with Crippen molar-refractivity contribution in [2.24, 2.45) is 0 Å². The van der Waals surface area contributed by atoms with E-state index in [2.05, 4.69) is 9.88 Å². The molecule has 5 rings (SSSR count). The van der Waals surface area contributed by atoms with Crippen LogP contribution in [-0.4, -0.2) is 74.0 Å². The van der Waals surface area contributed by atoms with E-state index >= 15 is 4.39 Å². The topological polar surface area (TPSA) is 104 Å². The zero-order chi connectivity index (χ0) is 24.0. The number of imidazole rings is 1. The number of aliphatic hydroxyl groups excluding tert-OH is 1. The molecule has 3 aromatic rings. The summed E-state index contributed by atoms with van der Waals surface area (Å²) in [6.45, 7) is 5.40. The molecular weight excluding hydrogens is 441 g/mol. The number of aromatic nitrogens is 3. The lowest BCUT2D eigenvalue weighted by atomic mass is 10.1. The largest absolute Gasteiger partial charge is 0.477 e. The maximum Gasteiger partial charge on any atom is 0.341 e. The molecule has 10 heteroatoms. The lowest BCUT2D eigenvalue weighted by Gasteiger charge is -2.37. The van der Waals surface area contributed by atoms with E-state index in [0.717, 1.165) is 18.5 Å². The minimum atomic E-state index is -1.30. The molecule has 180 valence electrons. The van der Waals surface area contributed by atoms with E-state index in [1.807, 2.05) is 27.2 Å². The van der Waals surface area contributed by atoms with Crippen LogP contribution in [0.4, 0.5) is 10.1 Å². The number of halogens is 1. The first kappa shape index (κ1) is 22.5. The van der Waals surface area contributed by atoms with Crippen molar-refractivity contribution < 1.29 is 19.4 Å². The maximum absolute atomic E-state index is 15.1. The van der Waals surface area contributed by atoms with Crippen LogP contribution in [0.5, 0.6) is 0 Å². The van der Waals surface area contributed by atoms with E-state index in [9.17, 15) is 19.8 Å². The predicted molar refractivity (Wildman–Crippen MR) is 125 cm³/mol. The number of fused-ring (bicyclic) bond motifs is 1. The quantitative estimate of drug-likeness (QED) is 0.544. The molecule has 0 amide bonds. The van der Waals surface area contributed by atoms with Crippen LogP contribution in [0, 0.1) is 12.7 Å². The van der Waals surface area contributed by atoms with Crippen LogP contribution >= 0.6 is 0 Å². The van der Waals surface area contributed by atoms with Crippen molar-refractivity contribution in [1.29, 1.82) is 0 Å². The molecule has 1 aliphatic heterocycles. The summed E-state index contributed by atoms with van der Waals surface area (Å²) >= 11 is 0. The molecule has 2 N–H and O–H groups in total. The molecule has 1 unspecified atom stereocenters. The first-order valence-corrected chi connectivity index (χ1v) is 11.6. The Bertz CT molecular complexity index is 1290. The van der Waals surface area contributed by atoms with Crippen molar-refractivity contribution in [2.75, 3.05) is 37.6 Å². The van der Waals surface area contributed by atoms with Gasteiger partial charge in [-0.25, -0.2) is 14.2 Å². The fourth-order valence-electron chi connectivity index (χ4n) is 4.75. The fraction of sp³-hybridized carbons (Fsp3) is 0.458. The third-order valence-electron chi connectivity index (χ3n) is 6.64. The third kappa shape index (κ3) is 4.43. The van der Waals surface area contributed by atoms with Gasteiger partial charge in [-0.1, -0.05) is 0 Å². The molecule has 0 spiro atoms. The zero-order valence-corrected chi connectivity index (χ0v) is 19.0. The van der Waals surface area contributed by atoms with E-state index in [4.69, 9.17) is 0 Å². The standard InChI is InChI=1S/C24H28FN5O4/c1-15-10-28(14-26-15)12-17(31)11-27-4-6-29(7-5-27)22-9-21-18(8-20(22)25)23(32)19(24(33)34)13-30(21)16-2-3-16/h8-10,13-14,16-17,31H,2-7,11-12H2,1H3,(H,33,34). The van der Waals surface area contributed by atoms with Crippen LogP contribution in [0.1, 0.15) is 34.9 Å². The Morgan fingerprint density at radius 1 is 1.18 bits per heavy atom. The molecule has 1 aliphatic carbocycles. The number of carbonyl (C=O) groups is 1. The highest BCUT2D eigenvalue weighted by molar-refractivity contribution is 5.93. The van der Waals surface area contributed by atoms with Gasteiger partial charge in [0.1, 0.15) is 11.4 Å². The molecule has 1 saturated heterocycles. The average molecular weight is 470 g/mol. The van der Waals surface area contributed by atoms with Gasteiger partial charge in [0.2, 0.25) is 5.43 Å². The van der Waals surface area contributed by atoms with Crippen LogP contribution in [0.15, 0.2) is 35.6 Å². The molecule has 0 radical (unpaired) electrons. The average Bonchev–Trinajstić information content (AvgIpc) is 3.56. The number of rotatable bonds is 7. The SMILES string of the molecule is Cc1cn(CC(O)CN2CCN(c3cc4c(cc3F)c(=O)c(C(=O)O)cn4C3CC3)CC2)cn1. The van der Waals surface area contributed by atoms with Crippen molar-refractivity contribution in [3.63, 3.8) is 0 Å². The minimum Gasteiger partial charge on any atom is -0.477 e. The Hall–Kier alpha value is -3.24. The van der Waals surface area contributed by atoms with E-state index < -0.39 is 23.3 Å². The van der Waals surface area contributed by atoms with E-state index in [0.29, 0.717) is 50.5 Å². The highest BCUT2D eigenvalue weighted by Gasteiger charge is 2.28. The Labute approximate surface area is 195 Å². The lowest BCUT2D eigenvalue weighted by molar-refractivity contribution is 0.0694. The van der Waals surface area contributed by atoms with Crippen molar-refractivity contribution in [1.82, 2.24) is 19.0 Å². The van der Waals surface area contributed by atoms with Crippen LogP contribution in [-0.2, 0) is 6.54 Å². The van der Waals surface area contributed by atoms with Gasteiger partial charge in [-0.15, -0.1) is 0 Å². The summed E-state index contributed by atoms with van der Waals surface area (Å²) in [6, 6.07) is 3.00. The molecule has 0 bridgehead atoms. The molecule has 3 heterocycles. The minimum absolute atomic E-state index is 0.101. The zero-order valence-electron chi connectivity index (χ0n) is 19.0. The number of nitrogens with zero attached hydrogens (tertiary/aromatic N) is 5. The number of anilines is 1. The van der Waals surface area contributed by atoms with Gasteiger partial charge in [0.15, 0.2) is 0 Å². The second-order valence-corrected chi connectivity index (χ2v) is 9.29. The van der Waals surface area contributed by atoms with Crippen molar-refractivity contribution in [3.05, 3.63) is 58.2 Å². The van der Waals surface area contributed by atoms with Crippen molar-refractivity contribution in [3.8, 4) is 0 Å². The first-order valence-electron chi connectivity index (χ1n) is 11.6. The smallest absolute Gasteiger partial charge is 0.341 e. The summed E-state index contributed by atoms with van der Waals surface area (Å²) in [6.07, 6.45) is 6.28. The fourth-order valence-corrected chi connectivity index (χ4v) is 4.75. The normalized spacial score (nSPS) is 17.9. The van der Waals surface area contributed by atoms with Crippen LogP contribution in [0.2, 0.25) is 0 Å². The summed E-state index contributed by atoms with van der Waals surface area (Å²) < 4.78 is 18.8. The number of aryl methyl sites for hydroxylation is 1. The molecule has 2 fully saturated rings. The number of β-amino-alcohol motifs (C(OH)–C–C–N with tert-alkyl or cyclic N) is 1. The van der Waals surface area contributed by atoms with Crippen LogP contribution in [0.3, 0.4) is 0 Å². The molecular formula is C24H28FN5O4. The Balaban J connectivity index is 1.32. The van der Waals surface area contributed by atoms with Gasteiger partial charge in [0, 0.05) is 56.5 Å². The van der Waals surface area contributed by atoms with Gasteiger partial charge in [0.25, 0.3) is 0 Å². The highest BCUT2D eigenvalue weighted by atomic mass is 19.1. The summed E-state index contributed by atoms with van der Waals surface area (Å²) in [5, 5.41) is 20.0. The first-order chi connectivity index (χ1) is 16.3. The number of aromatic carboxylic acids is 1. The molecule has 1 atom stereocenters.